The minimum Gasteiger partial charge on any atom is -0.456 e. The van der Waals surface area contributed by atoms with Crippen molar-refractivity contribution >= 4 is 0 Å². The maximum atomic E-state index is 12.4. The van der Waals surface area contributed by atoms with Gasteiger partial charge in [0.15, 0.2) is 0 Å². The first-order chi connectivity index (χ1) is 8.05. The Labute approximate surface area is 96.7 Å². The molecule has 1 aliphatic carbocycles. The second-order valence-electron chi connectivity index (χ2n) is 3.62. The number of alkyl halides is 3. The normalized spacial score (nSPS) is 23.8. The third-order valence-corrected chi connectivity index (χ3v) is 2.28. The van der Waals surface area contributed by atoms with Crippen LogP contribution in [0.2, 0.25) is 0 Å². The second kappa shape index (κ2) is 4.69. The first kappa shape index (κ1) is 11.8. The molecule has 0 radical (unpaired) electrons. The summed E-state index contributed by atoms with van der Waals surface area (Å²) in [5.74, 6) is -0.400. The van der Waals surface area contributed by atoms with Crippen molar-refractivity contribution in [2.45, 2.75) is 25.3 Å². The van der Waals surface area contributed by atoms with Gasteiger partial charge >= 0.3 is 6.18 Å². The van der Waals surface area contributed by atoms with Gasteiger partial charge in [0.25, 0.3) is 6.29 Å². The predicted molar refractivity (Wildman–Crippen MR) is 55.7 cm³/mol. The van der Waals surface area contributed by atoms with Crippen molar-refractivity contribution in [1.29, 1.82) is 0 Å². The van der Waals surface area contributed by atoms with Gasteiger partial charge in [0.2, 0.25) is 5.76 Å². The van der Waals surface area contributed by atoms with E-state index in [9.17, 15) is 13.2 Å². The molecule has 92 valence electrons. The van der Waals surface area contributed by atoms with Crippen molar-refractivity contribution in [3.63, 3.8) is 0 Å². The van der Waals surface area contributed by atoms with E-state index in [0.717, 1.165) is 12.5 Å². The lowest BCUT2D eigenvalue weighted by Crippen LogP contribution is -2.24. The highest BCUT2D eigenvalue weighted by Crippen LogP contribution is 2.30. The van der Waals surface area contributed by atoms with Crippen LogP contribution < -0.4 is 0 Å². The van der Waals surface area contributed by atoms with Crippen molar-refractivity contribution in [2.24, 2.45) is 0 Å². The van der Waals surface area contributed by atoms with Crippen molar-refractivity contribution in [2.75, 3.05) is 0 Å². The quantitative estimate of drug-likeness (QED) is 0.739. The maximum absolute atomic E-state index is 12.4. The summed E-state index contributed by atoms with van der Waals surface area (Å²) >= 11 is 0. The van der Waals surface area contributed by atoms with E-state index in [2.05, 4.69) is 0 Å². The minimum absolute atomic E-state index is 0.630. The Morgan fingerprint density at radius 3 is 2.71 bits per heavy atom. The first-order valence-electron chi connectivity index (χ1n) is 5.20. The van der Waals surface area contributed by atoms with E-state index in [1.165, 1.54) is 12.2 Å². The molecule has 1 atom stereocenters. The van der Waals surface area contributed by atoms with Crippen LogP contribution in [0.15, 0.2) is 48.0 Å². The van der Waals surface area contributed by atoms with Crippen molar-refractivity contribution in [1.82, 2.24) is 0 Å². The molecule has 0 saturated carbocycles. The number of allylic oxidation sites excluding steroid dienone is 7. The molecule has 0 fully saturated rings. The van der Waals surface area contributed by atoms with Crippen molar-refractivity contribution < 1.29 is 22.6 Å². The fraction of sp³-hybridized carbons (Fsp3) is 0.333. The van der Waals surface area contributed by atoms with Gasteiger partial charge < -0.3 is 9.47 Å². The molecule has 0 spiro atoms. The zero-order valence-corrected chi connectivity index (χ0v) is 8.91. The molecule has 1 unspecified atom stereocenters. The number of rotatable bonds is 2. The molecule has 1 aliphatic heterocycles. The van der Waals surface area contributed by atoms with E-state index < -0.39 is 18.2 Å². The molecule has 0 bridgehead atoms. The third-order valence-electron chi connectivity index (χ3n) is 2.28. The average Bonchev–Trinajstić information content (AvgIpc) is 2.29. The average molecular weight is 244 g/mol. The molecule has 0 aromatic heterocycles. The van der Waals surface area contributed by atoms with Crippen LogP contribution in [0.25, 0.3) is 0 Å². The Bertz CT molecular complexity index is 402. The van der Waals surface area contributed by atoms with Crippen LogP contribution in [0, 0.1) is 0 Å². The van der Waals surface area contributed by atoms with Gasteiger partial charge in [-0.3, -0.25) is 0 Å². The van der Waals surface area contributed by atoms with E-state index in [1.54, 1.807) is 6.08 Å². The molecule has 0 aromatic rings. The topological polar surface area (TPSA) is 18.5 Å². The van der Waals surface area contributed by atoms with E-state index in [-0.39, 0.29) is 0 Å². The van der Waals surface area contributed by atoms with Crippen molar-refractivity contribution in [3.05, 3.63) is 48.0 Å². The van der Waals surface area contributed by atoms with E-state index >= 15 is 0 Å². The molecule has 0 N–H and O–H groups in total. The molecule has 0 saturated heterocycles. The number of hydrogen-bond donors (Lipinski definition) is 0. The zero-order valence-electron chi connectivity index (χ0n) is 8.91. The summed E-state index contributed by atoms with van der Waals surface area (Å²) in [7, 11) is 0. The Morgan fingerprint density at radius 1 is 1.24 bits per heavy atom. The Morgan fingerprint density at radius 2 is 2.06 bits per heavy atom. The highest BCUT2D eigenvalue weighted by Gasteiger charge is 2.38. The third kappa shape index (κ3) is 3.15. The van der Waals surface area contributed by atoms with Crippen LogP contribution in [0.1, 0.15) is 12.8 Å². The van der Waals surface area contributed by atoms with Crippen LogP contribution in [-0.2, 0) is 9.47 Å². The van der Waals surface area contributed by atoms with Gasteiger partial charge in [-0.2, -0.15) is 13.2 Å². The predicted octanol–water partition coefficient (Wildman–Crippen LogP) is 3.60. The highest BCUT2D eigenvalue weighted by atomic mass is 19.4. The molecule has 2 nitrogen and oxygen atoms in total. The fourth-order valence-electron chi connectivity index (χ4n) is 1.49. The summed E-state index contributed by atoms with van der Waals surface area (Å²) in [5, 5.41) is 0. The SMILES string of the molecule is FC(F)(F)C1=CC=CC(OC2=CC=CCC2)O1. The molecule has 1 heterocycles. The molecule has 0 aromatic carbocycles. The monoisotopic (exact) mass is 244 g/mol. The second-order valence-corrected chi connectivity index (χ2v) is 3.62. The van der Waals surface area contributed by atoms with Crippen LogP contribution >= 0.6 is 0 Å². The summed E-state index contributed by atoms with van der Waals surface area (Å²) in [5.41, 5.74) is 0. The number of halogens is 3. The highest BCUT2D eigenvalue weighted by molar-refractivity contribution is 5.18. The molecule has 5 heteroatoms. The Balaban J connectivity index is 1.97. The van der Waals surface area contributed by atoms with Crippen LogP contribution in [-0.4, -0.2) is 12.5 Å². The molecule has 2 aliphatic rings. The lowest BCUT2D eigenvalue weighted by atomic mass is 10.2. The summed E-state index contributed by atoms with van der Waals surface area (Å²) in [6.45, 7) is 0. The van der Waals surface area contributed by atoms with Gasteiger partial charge in [-0.05, 0) is 24.6 Å². The summed E-state index contributed by atoms with van der Waals surface area (Å²) in [6.07, 6.45) is 5.13. The largest absolute Gasteiger partial charge is 0.456 e. The molecule has 2 rings (SSSR count). The zero-order chi connectivity index (χ0) is 12.3. The van der Waals surface area contributed by atoms with E-state index in [0.29, 0.717) is 12.2 Å². The molecular weight excluding hydrogens is 233 g/mol. The molecular formula is C12H11F3O2. The minimum atomic E-state index is -4.48. The lowest BCUT2D eigenvalue weighted by molar-refractivity contribution is -0.165. The van der Waals surface area contributed by atoms with Gasteiger partial charge in [-0.15, -0.1) is 0 Å². The molecule has 0 amide bonds. The standard InChI is InChI=1S/C12H11F3O2/c13-12(14,15)10-7-4-8-11(17-10)16-9-5-2-1-3-6-9/h1-2,4-5,7-8,11H,3,6H2. The summed E-state index contributed by atoms with van der Waals surface area (Å²) in [6, 6.07) is 0. The van der Waals surface area contributed by atoms with Gasteiger partial charge in [-0.25, -0.2) is 0 Å². The fourth-order valence-corrected chi connectivity index (χ4v) is 1.49. The van der Waals surface area contributed by atoms with Crippen LogP contribution in [0.3, 0.4) is 0 Å². The lowest BCUT2D eigenvalue weighted by Gasteiger charge is -2.24. The van der Waals surface area contributed by atoms with Gasteiger partial charge in [-0.1, -0.05) is 18.2 Å². The first-order valence-corrected chi connectivity index (χ1v) is 5.20. The Kier molecular flexibility index (Phi) is 3.26. The molecule has 17 heavy (non-hydrogen) atoms. The van der Waals surface area contributed by atoms with Gasteiger partial charge in [0.1, 0.15) is 5.76 Å². The summed E-state index contributed by atoms with van der Waals surface area (Å²) in [4.78, 5) is 0. The van der Waals surface area contributed by atoms with Gasteiger partial charge in [0, 0.05) is 6.42 Å². The van der Waals surface area contributed by atoms with Crippen LogP contribution in [0.4, 0.5) is 13.2 Å². The summed E-state index contributed by atoms with van der Waals surface area (Å²) < 4.78 is 47.2. The smallest absolute Gasteiger partial charge is 0.449 e. The Hall–Kier alpha value is -1.65. The number of ether oxygens (including phenoxy) is 2. The number of hydrogen-bond acceptors (Lipinski definition) is 2. The van der Waals surface area contributed by atoms with Gasteiger partial charge in [0.05, 0.1) is 0 Å². The van der Waals surface area contributed by atoms with E-state index in [4.69, 9.17) is 9.47 Å². The van der Waals surface area contributed by atoms with Crippen LogP contribution in [0.5, 0.6) is 0 Å². The van der Waals surface area contributed by atoms with E-state index in [1.807, 2.05) is 12.2 Å². The maximum Gasteiger partial charge on any atom is 0.449 e. The van der Waals surface area contributed by atoms with Crippen molar-refractivity contribution in [3.8, 4) is 0 Å².